The van der Waals surface area contributed by atoms with Crippen LogP contribution in [0.1, 0.15) is 24.1 Å². The van der Waals surface area contributed by atoms with E-state index in [-0.39, 0.29) is 5.56 Å². The van der Waals surface area contributed by atoms with Crippen molar-refractivity contribution in [1.82, 2.24) is 9.78 Å². The Morgan fingerprint density at radius 1 is 1.32 bits per heavy atom. The Bertz CT molecular complexity index is 824. The number of hydrogen-bond donors (Lipinski definition) is 0. The van der Waals surface area contributed by atoms with Gasteiger partial charge in [-0.15, -0.1) is 0 Å². The molecule has 0 radical (unpaired) electrons. The monoisotopic (exact) mass is 250 g/mol. The van der Waals surface area contributed by atoms with Crippen molar-refractivity contribution in [1.29, 1.82) is 0 Å². The first-order chi connectivity index (χ1) is 9.25. The molecule has 0 saturated carbocycles. The molecule has 3 nitrogen and oxygen atoms in total. The van der Waals surface area contributed by atoms with Crippen molar-refractivity contribution in [2.24, 2.45) is 7.05 Å². The number of nitrogens with zero attached hydrogens (tertiary/aromatic N) is 2. The lowest BCUT2D eigenvalue weighted by atomic mass is 9.83. The van der Waals surface area contributed by atoms with Crippen LogP contribution in [-0.2, 0) is 13.5 Å². The van der Waals surface area contributed by atoms with Crippen molar-refractivity contribution < 1.29 is 0 Å². The molecule has 0 aliphatic heterocycles. The summed E-state index contributed by atoms with van der Waals surface area (Å²) in [5.41, 5.74) is 4.91. The van der Waals surface area contributed by atoms with Crippen molar-refractivity contribution in [3.63, 3.8) is 0 Å². The average molecular weight is 250 g/mol. The van der Waals surface area contributed by atoms with Crippen LogP contribution in [0.3, 0.4) is 0 Å². The van der Waals surface area contributed by atoms with Crippen molar-refractivity contribution in [2.45, 2.75) is 19.3 Å². The van der Waals surface area contributed by atoms with Crippen molar-refractivity contribution in [3.05, 3.63) is 57.5 Å². The van der Waals surface area contributed by atoms with E-state index in [1.165, 1.54) is 21.4 Å². The number of aromatic nitrogens is 2. The van der Waals surface area contributed by atoms with E-state index in [9.17, 15) is 4.79 Å². The van der Waals surface area contributed by atoms with Gasteiger partial charge in [0, 0.05) is 12.4 Å². The van der Waals surface area contributed by atoms with Gasteiger partial charge in [-0.05, 0) is 42.0 Å². The Hall–Kier alpha value is -2.16. The summed E-state index contributed by atoms with van der Waals surface area (Å²) in [6, 6.07) is 6.00. The van der Waals surface area contributed by atoms with E-state index >= 15 is 0 Å². The highest BCUT2D eigenvalue weighted by Crippen LogP contribution is 2.38. The Morgan fingerprint density at radius 3 is 3.11 bits per heavy atom. The van der Waals surface area contributed by atoms with Gasteiger partial charge in [-0.3, -0.25) is 4.79 Å². The fourth-order valence-electron chi connectivity index (χ4n) is 3.19. The second-order valence-corrected chi connectivity index (χ2v) is 5.24. The molecule has 1 heterocycles. The minimum Gasteiger partial charge on any atom is -0.267 e. The molecule has 2 aliphatic carbocycles. The smallest absolute Gasteiger partial charge is 0.267 e. The molecule has 0 spiro atoms. The number of rotatable bonds is 0. The quantitative estimate of drug-likeness (QED) is 0.720. The van der Waals surface area contributed by atoms with Gasteiger partial charge in [0.25, 0.3) is 5.56 Å². The van der Waals surface area contributed by atoms with Crippen LogP contribution >= 0.6 is 0 Å². The lowest BCUT2D eigenvalue weighted by molar-refractivity contribution is 0.708. The second-order valence-electron chi connectivity index (χ2n) is 5.24. The highest BCUT2D eigenvalue weighted by molar-refractivity contribution is 5.97. The van der Waals surface area contributed by atoms with Gasteiger partial charge in [-0.25, -0.2) is 4.68 Å². The first-order valence-corrected chi connectivity index (χ1v) is 6.63. The standard InChI is InChI=1S/C16H14N2O/c1-18-16(19)13-8-4-6-11-9-10-5-2-3-7-12(10)15(17-18)14(11)13/h2,4-6,8H,3,7,9H2,1H3. The van der Waals surface area contributed by atoms with E-state index in [4.69, 9.17) is 0 Å². The predicted molar refractivity (Wildman–Crippen MR) is 76.0 cm³/mol. The predicted octanol–water partition coefficient (Wildman–Crippen LogP) is 2.59. The molecular formula is C16H14N2O. The van der Waals surface area contributed by atoms with Gasteiger partial charge in [0.15, 0.2) is 0 Å². The largest absolute Gasteiger partial charge is 0.274 e. The van der Waals surface area contributed by atoms with Gasteiger partial charge >= 0.3 is 0 Å². The summed E-state index contributed by atoms with van der Waals surface area (Å²) in [5.74, 6) is 0. The number of hydrogen-bond acceptors (Lipinski definition) is 2. The Morgan fingerprint density at radius 2 is 2.21 bits per heavy atom. The fraction of sp³-hybridized carbons (Fsp3) is 0.250. The molecule has 2 aromatic rings. The molecule has 2 aliphatic rings. The number of fused-ring (bicyclic) bond motifs is 1. The van der Waals surface area contributed by atoms with Crippen molar-refractivity contribution in [3.8, 4) is 0 Å². The van der Waals surface area contributed by atoms with Gasteiger partial charge in [0.05, 0.1) is 11.1 Å². The normalized spacial score (nSPS) is 16.9. The van der Waals surface area contributed by atoms with Gasteiger partial charge in [0.1, 0.15) is 0 Å². The third-order valence-electron chi connectivity index (χ3n) is 4.10. The molecule has 19 heavy (non-hydrogen) atoms. The van der Waals surface area contributed by atoms with Crippen LogP contribution in [0, 0.1) is 0 Å². The maximum Gasteiger partial charge on any atom is 0.274 e. The Kier molecular flexibility index (Phi) is 2.07. The molecule has 1 aromatic heterocycles. The van der Waals surface area contributed by atoms with E-state index in [1.807, 2.05) is 12.1 Å². The molecule has 1 aromatic carbocycles. The van der Waals surface area contributed by atoms with E-state index in [1.54, 1.807) is 7.05 Å². The molecule has 0 unspecified atom stereocenters. The summed E-state index contributed by atoms with van der Waals surface area (Å²) in [5, 5.41) is 6.39. The van der Waals surface area contributed by atoms with Crippen LogP contribution in [0.5, 0.6) is 0 Å². The zero-order valence-electron chi connectivity index (χ0n) is 10.8. The third-order valence-corrected chi connectivity index (χ3v) is 4.10. The summed E-state index contributed by atoms with van der Waals surface area (Å²) in [6.07, 6.45) is 7.46. The van der Waals surface area contributed by atoms with E-state index in [2.05, 4.69) is 23.3 Å². The van der Waals surface area contributed by atoms with Crippen molar-refractivity contribution >= 4 is 16.3 Å². The van der Waals surface area contributed by atoms with E-state index < -0.39 is 0 Å². The van der Waals surface area contributed by atoms with E-state index in [0.29, 0.717) is 0 Å². The average Bonchev–Trinajstić information content (AvgIpc) is 2.44. The maximum absolute atomic E-state index is 12.2. The summed E-state index contributed by atoms with van der Waals surface area (Å²) in [4.78, 5) is 12.2. The Balaban J connectivity index is 2.19. The van der Waals surface area contributed by atoms with E-state index in [0.717, 1.165) is 35.7 Å². The minimum atomic E-state index is -0.00370. The summed E-state index contributed by atoms with van der Waals surface area (Å²) < 4.78 is 1.47. The highest BCUT2D eigenvalue weighted by Gasteiger charge is 2.23. The van der Waals surface area contributed by atoms with Gasteiger partial charge in [0.2, 0.25) is 0 Å². The molecule has 0 N–H and O–H groups in total. The van der Waals surface area contributed by atoms with Crippen LogP contribution in [-0.4, -0.2) is 9.78 Å². The molecule has 0 saturated heterocycles. The minimum absolute atomic E-state index is 0.00370. The zero-order chi connectivity index (χ0) is 13.0. The molecule has 0 atom stereocenters. The molecule has 0 bridgehead atoms. The van der Waals surface area contributed by atoms with Crippen LogP contribution < -0.4 is 5.56 Å². The molecular weight excluding hydrogens is 236 g/mol. The summed E-state index contributed by atoms with van der Waals surface area (Å²) in [6.45, 7) is 0. The first kappa shape index (κ1) is 10.7. The molecule has 0 fully saturated rings. The maximum atomic E-state index is 12.2. The molecule has 4 rings (SSSR count). The SMILES string of the molecule is Cn1nc2c3c(cccc3c1=O)CC1=C2CCC=C1. The number of benzene rings is 1. The lowest BCUT2D eigenvalue weighted by Crippen LogP contribution is -2.23. The molecule has 0 amide bonds. The van der Waals surface area contributed by atoms with Crippen LogP contribution in [0.2, 0.25) is 0 Å². The highest BCUT2D eigenvalue weighted by atomic mass is 16.1. The van der Waals surface area contributed by atoms with Crippen LogP contribution in [0.25, 0.3) is 16.3 Å². The molecule has 94 valence electrons. The Labute approximate surface area is 110 Å². The zero-order valence-corrected chi connectivity index (χ0v) is 10.8. The molecule has 3 heteroatoms. The second kappa shape index (κ2) is 3.67. The number of allylic oxidation sites excluding steroid dienone is 4. The van der Waals surface area contributed by atoms with Gasteiger partial charge in [-0.1, -0.05) is 24.3 Å². The van der Waals surface area contributed by atoms with Crippen LogP contribution in [0.4, 0.5) is 0 Å². The first-order valence-electron chi connectivity index (χ1n) is 6.63. The third kappa shape index (κ3) is 1.38. The topological polar surface area (TPSA) is 34.9 Å². The van der Waals surface area contributed by atoms with Gasteiger partial charge < -0.3 is 0 Å². The summed E-state index contributed by atoms with van der Waals surface area (Å²) >= 11 is 0. The van der Waals surface area contributed by atoms with Crippen molar-refractivity contribution in [2.75, 3.05) is 0 Å². The van der Waals surface area contributed by atoms with Gasteiger partial charge in [-0.2, -0.15) is 5.10 Å². The fourth-order valence-corrected chi connectivity index (χ4v) is 3.19. The van der Waals surface area contributed by atoms with Crippen LogP contribution in [0.15, 0.2) is 40.7 Å². The number of aryl methyl sites for hydroxylation is 1. The lowest BCUT2D eigenvalue weighted by Gasteiger charge is -2.24. The summed E-state index contributed by atoms with van der Waals surface area (Å²) in [7, 11) is 1.73.